The molecule has 0 saturated carbocycles. The Bertz CT molecular complexity index is 675. The van der Waals surface area contributed by atoms with Gasteiger partial charge in [-0.1, -0.05) is 28.1 Å². The number of benzene rings is 2. The van der Waals surface area contributed by atoms with Crippen LogP contribution in [0.4, 0.5) is 0 Å². The third-order valence-corrected chi connectivity index (χ3v) is 3.63. The minimum Gasteiger partial charge on any atom is -0.484 e. The maximum absolute atomic E-state index is 11.9. The molecule has 2 rings (SSSR count). The van der Waals surface area contributed by atoms with Gasteiger partial charge in [0.2, 0.25) is 0 Å². The molecule has 0 aliphatic rings. The molecule has 0 heterocycles. The van der Waals surface area contributed by atoms with Crippen molar-refractivity contribution < 1.29 is 9.53 Å². The molecule has 112 valence electrons. The first-order valence-corrected chi connectivity index (χ1v) is 7.55. The second-order valence-corrected chi connectivity index (χ2v) is 5.68. The Morgan fingerprint density at radius 3 is 2.45 bits per heavy atom. The SMILES string of the molecule is C[C@@H](NC(=O)COc1ccc(C#N)cc1)c1ccc(Br)cc1. The second-order valence-electron chi connectivity index (χ2n) is 4.77. The average molecular weight is 359 g/mol. The highest BCUT2D eigenvalue weighted by molar-refractivity contribution is 9.10. The van der Waals surface area contributed by atoms with Crippen molar-refractivity contribution in [2.45, 2.75) is 13.0 Å². The maximum atomic E-state index is 11.9. The van der Waals surface area contributed by atoms with Crippen LogP contribution in [0.2, 0.25) is 0 Å². The molecule has 0 aromatic heterocycles. The highest BCUT2D eigenvalue weighted by atomic mass is 79.9. The molecule has 0 bridgehead atoms. The van der Waals surface area contributed by atoms with E-state index < -0.39 is 0 Å². The van der Waals surface area contributed by atoms with Gasteiger partial charge in [-0.15, -0.1) is 0 Å². The zero-order valence-electron chi connectivity index (χ0n) is 12.0. The summed E-state index contributed by atoms with van der Waals surface area (Å²) in [6.45, 7) is 1.86. The molecule has 1 N–H and O–H groups in total. The first-order valence-electron chi connectivity index (χ1n) is 6.76. The zero-order valence-corrected chi connectivity index (χ0v) is 13.6. The third kappa shape index (κ3) is 4.61. The molecule has 0 aliphatic heterocycles. The van der Waals surface area contributed by atoms with Crippen molar-refractivity contribution in [1.82, 2.24) is 5.32 Å². The molecule has 0 spiro atoms. The van der Waals surface area contributed by atoms with Crippen molar-refractivity contribution in [3.05, 3.63) is 64.1 Å². The quantitative estimate of drug-likeness (QED) is 0.888. The van der Waals surface area contributed by atoms with E-state index in [0.717, 1.165) is 10.0 Å². The maximum Gasteiger partial charge on any atom is 0.258 e. The number of hydrogen-bond donors (Lipinski definition) is 1. The van der Waals surface area contributed by atoms with Crippen molar-refractivity contribution in [2.75, 3.05) is 6.61 Å². The van der Waals surface area contributed by atoms with Crippen LogP contribution in [-0.2, 0) is 4.79 Å². The Morgan fingerprint density at radius 1 is 1.23 bits per heavy atom. The summed E-state index contributed by atoms with van der Waals surface area (Å²) in [5.74, 6) is 0.366. The topological polar surface area (TPSA) is 62.1 Å². The molecule has 0 fully saturated rings. The van der Waals surface area contributed by atoms with Crippen LogP contribution >= 0.6 is 15.9 Å². The first-order chi connectivity index (χ1) is 10.6. The largest absolute Gasteiger partial charge is 0.484 e. The molecule has 0 aliphatic carbocycles. The van der Waals surface area contributed by atoms with Gasteiger partial charge in [0.15, 0.2) is 6.61 Å². The van der Waals surface area contributed by atoms with Crippen molar-refractivity contribution in [3.63, 3.8) is 0 Å². The van der Waals surface area contributed by atoms with Gasteiger partial charge in [0.25, 0.3) is 5.91 Å². The van der Waals surface area contributed by atoms with Gasteiger partial charge in [-0.3, -0.25) is 4.79 Å². The summed E-state index contributed by atoms with van der Waals surface area (Å²) < 4.78 is 6.39. The third-order valence-electron chi connectivity index (χ3n) is 3.10. The number of carbonyl (C=O) groups is 1. The number of hydrogen-bond acceptors (Lipinski definition) is 3. The van der Waals surface area contributed by atoms with Crippen LogP contribution in [0.1, 0.15) is 24.1 Å². The van der Waals surface area contributed by atoms with E-state index in [1.807, 2.05) is 37.3 Å². The van der Waals surface area contributed by atoms with Crippen molar-refractivity contribution >= 4 is 21.8 Å². The predicted octanol–water partition coefficient (Wildman–Crippen LogP) is 3.58. The highest BCUT2D eigenvalue weighted by Gasteiger charge is 2.10. The molecule has 1 amide bonds. The number of halogens is 1. The Kier molecular flexibility index (Phi) is 5.56. The number of nitriles is 1. The van der Waals surface area contributed by atoms with Crippen LogP contribution < -0.4 is 10.1 Å². The van der Waals surface area contributed by atoms with E-state index >= 15 is 0 Å². The smallest absolute Gasteiger partial charge is 0.258 e. The van der Waals surface area contributed by atoms with E-state index in [9.17, 15) is 4.79 Å². The number of carbonyl (C=O) groups excluding carboxylic acids is 1. The summed E-state index contributed by atoms with van der Waals surface area (Å²) in [7, 11) is 0. The van der Waals surface area contributed by atoms with Crippen LogP contribution in [0.5, 0.6) is 5.75 Å². The van der Waals surface area contributed by atoms with Gasteiger partial charge in [-0.25, -0.2) is 0 Å². The van der Waals surface area contributed by atoms with E-state index in [2.05, 4.69) is 21.2 Å². The van der Waals surface area contributed by atoms with Gasteiger partial charge in [0.1, 0.15) is 5.75 Å². The molecular weight excluding hydrogens is 344 g/mol. The van der Waals surface area contributed by atoms with Crippen LogP contribution in [0.15, 0.2) is 53.0 Å². The Balaban J connectivity index is 1.84. The molecule has 2 aromatic carbocycles. The van der Waals surface area contributed by atoms with E-state index in [1.54, 1.807) is 24.3 Å². The molecule has 0 saturated heterocycles. The lowest BCUT2D eigenvalue weighted by Crippen LogP contribution is -2.31. The normalized spacial score (nSPS) is 11.3. The van der Waals surface area contributed by atoms with Crippen molar-refractivity contribution in [2.24, 2.45) is 0 Å². The second kappa shape index (κ2) is 7.62. The monoisotopic (exact) mass is 358 g/mol. The molecule has 0 unspecified atom stereocenters. The predicted molar refractivity (Wildman–Crippen MR) is 87.4 cm³/mol. The van der Waals surface area contributed by atoms with Crippen LogP contribution in [0.25, 0.3) is 0 Å². The van der Waals surface area contributed by atoms with Gasteiger partial charge in [0, 0.05) is 4.47 Å². The molecular formula is C17H15BrN2O2. The van der Waals surface area contributed by atoms with Crippen molar-refractivity contribution in [1.29, 1.82) is 5.26 Å². The summed E-state index contributed by atoms with van der Waals surface area (Å²) >= 11 is 3.38. The number of nitrogens with one attached hydrogen (secondary N) is 1. The van der Waals surface area contributed by atoms with Crippen LogP contribution in [-0.4, -0.2) is 12.5 Å². The molecule has 1 atom stereocenters. The molecule has 2 aromatic rings. The standard InChI is InChI=1S/C17H15BrN2O2/c1-12(14-4-6-15(18)7-5-14)20-17(21)11-22-16-8-2-13(10-19)3-9-16/h2-9,12H,11H2,1H3,(H,20,21)/t12-/m1/s1. The fraction of sp³-hybridized carbons (Fsp3) is 0.176. The van der Waals surface area contributed by atoms with Crippen LogP contribution in [0.3, 0.4) is 0 Å². The van der Waals surface area contributed by atoms with E-state index in [0.29, 0.717) is 11.3 Å². The summed E-state index contributed by atoms with van der Waals surface area (Å²) in [6.07, 6.45) is 0. The lowest BCUT2D eigenvalue weighted by atomic mass is 10.1. The molecule has 4 nitrogen and oxygen atoms in total. The lowest BCUT2D eigenvalue weighted by molar-refractivity contribution is -0.123. The zero-order chi connectivity index (χ0) is 15.9. The summed E-state index contributed by atoms with van der Waals surface area (Å²) in [4.78, 5) is 11.9. The first kappa shape index (κ1) is 16.1. The number of nitrogens with zero attached hydrogens (tertiary/aromatic N) is 1. The molecule has 22 heavy (non-hydrogen) atoms. The van der Waals surface area contributed by atoms with Gasteiger partial charge < -0.3 is 10.1 Å². The van der Waals surface area contributed by atoms with Gasteiger partial charge in [0.05, 0.1) is 17.7 Å². The lowest BCUT2D eigenvalue weighted by Gasteiger charge is -2.15. The number of rotatable bonds is 5. The number of amides is 1. The minimum absolute atomic E-state index is 0.0627. The van der Waals surface area contributed by atoms with E-state index in [1.165, 1.54) is 0 Å². The Hall–Kier alpha value is -2.32. The molecule has 5 heteroatoms. The van der Waals surface area contributed by atoms with Gasteiger partial charge in [-0.2, -0.15) is 5.26 Å². The highest BCUT2D eigenvalue weighted by Crippen LogP contribution is 2.16. The molecule has 0 radical (unpaired) electrons. The van der Waals surface area contributed by atoms with Gasteiger partial charge >= 0.3 is 0 Å². The number of ether oxygens (including phenoxy) is 1. The minimum atomic E-state index is -0.195. The summed E-state index contributed by atoms with van der Waals surface area (Å²) in [6, 6.07) is 16.4. The van der Waals surface area contributed by atoms with E-state index in [4.69, 9.17) is 10.00 Å². The summed E-state index contributed by atoms with van der Waals surface area (Å²) in [5, 5.41) is 11.6. The van der Waals surface area contributed by atoms with Gasteiger partial charge in [-0.05, 0) is 48.9 Å². The Morgan fingerprint density at radius 2 is 1.86 bits per heavy atom. The van der Waals surface area contributed by atoms with E-state index in [-0.39, 0.29) is 18.6 Å². The summed E-state index contributed by atoms with van der Waals surface area (Å²) in [5.41, 5.74) is 1.58. The average Bonchev–Trinajstić information content (AvgIpc) is 2.54. The fourth-order valence-corrected chi connectivity index (χ4v) is 2.16. The Labute approximate surface area is 137 Å². The van der Waals surface area contributed by atoms with Crippen LogP contribution in [0, 0.1) is 11.3 Å². The fourth-order valence-electron chi connectivity index (χ4n) is 1.89. The van der Waals surface area contributed by atoms with Crippen molar-refractivity contribution in [3.8, 4) is 11.8 Å².